The molecular weight excluding hydrogens is 366 g/mol. The van der Waals surface area contributed by atoms with Crippen molar-refractivity contribution in [3.8, 4) is 23.1 Å². The molecule has 0 aliphatic carbocycles. The molecule has 0 saturated carbocycles. The van der Waals surface area contributed by atoms with Crippen molar-refractivity contribution in [3.63, 3.8) is 0 Å². The van der Waals surface area contributed by atoms with Crippen LogP contribution in [0.1, 0.15) is 18.4 Å². The quantitative estimate of drug-likeness (QED) is 0.814. The Morgan fingerprint density at radius 1 is 1.30 bits per heavy atom. The van der Waals surface area contributed by atoms with Crippen LogP contribution in [0.2, 0.25) is 0 Å². The molecule has 1 fully saturated rings. The van der Waals surface area contributed by atoms with Crippen LogP contribution in [0.3, 0.4) is 0 Å². The molecule has 2 unspecified atom stereocenters. The Kier molecular flexibility index (Phi) is 6.06. The fraction of sp³-hybridized carbons (Fsp3) is 0.368. The number of rotatable bonds is 6. The van der Waals surface area contributed by atoms with Crippen molar-refractivity contribution in [2.45, 2.75) is 25.0 Å². The van der Waals surface area contributed by atoms with Crippen molar-refractivity contribution in [1.29, 1.82) is 5.26 Å². The van der Waals surface area contributed by atoms with Gasteiger partial charge in [-0.05, 0) is 49.2 Å². The van der Waals surface area contributed by atoms with Gasteiger partial charge in [0, 0.05) is 18.4 Å². The highest BCUT2D eigenvalue weighted by Gasteiger charge is 2.28. The van der Waals surface area contributed by atoms with Gasteiger partial charge in [0.15, 0.2) is 0 Å². The topological polar surface area (TPSA) is 101 Å². The molecule has 0 amide bonds. The summed E-state index contributed by atoms with van der Waals surface area (Å²) in [6.45, 7) is 0.862. The number of pyridine rings is 1. The highest BCUT2D eigenvalue weighted by molar-refractivity contribution is 7.88. The van der Waals surface area contributed by atoms with E-state index in [1.807, 2.05) is 30.3 Å². The molecule has 0 radical (unpaired) electrons. The second kappa shape index (κ2) is 8.48. The third kappa shape index (κ3) is 5.50. The van der Waals surface area contributed by atoms with Gasteiger partial charge in [0.25, 0.3) is 0 Å². The number of hydrogen-bond donors (Lipinski definition) is 1. The van der Waals surface area contributed by atoms with Gasteiger partial charge in [-0.3, -0.25) is 4.98 Å². The number of sulfonamides is 1. The molecule has 1 aliphatic heterocycles. The molecule has 27 heavy (non-hydrogen) atoms. The van der Waals surface area contributed by atoms with Crippen LogP contribution in [-0.4, -0.2) is 45.0 Å². The van der Waals surface area contributed by atoms with Gasteiger partial charge >= 0.3 is 0 Å². The van der Waals surface area contributed by atoms with Crippen LogP contribution in [0, 0.1) is 11.3 Å². The largest absolute Gasteiger partial charge is 0.491 e. The lowest BCUT2D eigenvalue weighted by molar-refractivity contribution is -0.0278. The maximum absolute atomic E-state index is 11.5. The maximum atomic E-state index is 11.5. The molecule has 8 heteroatoms. The van der Waals surface area contributed by atoms with E-state index in [2.05, 4.69) is 9.71 Å². The van der Waals surface area contributed by atoms with Gasteiger partial charge < -0.3 is 9.47 Å². The van der Waals surface area contributed by atoms with Crippen molar-refractivity contribution < 1.29 is 17.9 Å². The summed E-state index contributed by atoms with van der Waals surface area (Å²) in [7, 11) is -3.29. The highest BCUT2D eigenvalue weighted by Crippen LogP contribution is 2.22. The lowest BCUT2D eigenvalue weighted by Gasteiger charge is -2.31. The van der Waals surface area contributed by atoms with Gasteiger partial charge in [-0.2, -0.15) is 5.26 Å². The summed E-state index contributed by atoms with van der Waals surface area (Å²) in [5.74, 6) is 0.666. The van der Waals surface area contributed by atoms with Crippen LogP contribution in [0.4, 0.5) is 0 Å². The number of nitriles is 1. The Hall–Kier alpha value is -2.47. The lowest BCUT2D eigenvalue weighted by Crippen LogP contribution is -2.49. The SMILES string of the molecule is CS(=O)(=O)NC1CCCOC1COc1ccc(-c2ccc(C#N)cn2)cc1. The van der Waals surface area contributed by atoms with Crippen molar-refractivity contribution in [3.05, 3.63) is 48.2 Å². The first-order valence-corrected chi connectivity index (χ1v) is 10.5. The van der Waals surface area contributed by atoms with E-state index in [0.717, 1.165) is 30.4 Å². The third-order valence-corrected chi connectivity index (χ3v) is 4.99. The molecule has 2 heterocycles. The minimum atomic E-state index is -3.29. The second-order valence-corrected chi connectivity index (χ2v) is 8.21. The normalized spacial score (nSPS) is 20.0. The standard InChI is InChI=1S/C19H21N3O4S/c1-27(23,24)22-18-3-2-10-25-19(18)13-26-16-7-5-15(6-8-16)17-9-4-14(11-20)12-21-17/h4-9,12,18-19,22H,2-3,10,13H2,1H3. The second-order valence-electron chi connectivity index (χ2n) is 6.43. The molecule has 142 valence electrons. The first kappa shape index (κ1) is 19.3. The van der Waals surface area contributed by atoms with Gasteiger partial charge in [0.1, 0.15) is 24.5 Å². The Labute approximate surface area is 159 Å². The van der Waals surface area contributed by atoms with Crippen molar-refractivity contribution in [2.75, 3.05) is 19.5 Å². The monoisotopic (exact) mass is 387 g/mol. The number of aromatic nitrogens is 1. The Morgan fingerprint density at radius 2 is 2.07 bits per heavy atom. The molecule has 2 aromatic rings. The minimum Gasteiger partial charge on any atom is -0.491 e. The molecule has 1 aliphatic rings. The van der Waals surface area contributed by atoms with E-state index < -0.39 is 10.0 Å². The van der Waals surface area contributed by atoms with Gasteiger partial charge in [-0.15, -0.1) is 0 Å². The summed E-state index contributed by atoms with van der Waals surface area (Å²) < 4.78 is 37.1. The van der Waals surface area contributed by atoms with Gasteiger partial charge in [-0.1, -0.05) is 0 Å². The Balaban J connectivity index is 1.61. The highest BCUT2D eigenvalue weighted by atomic mass is 32.2. The maximum Gasteiger partial charge on any atom is 0.209 e. The number of ether oxygens (including phenoxy) is 2. The van der Waals surface area contributed by atoms with E-state index in [1.165, 1.54) is 6.20 Å². The molecule has 3 rings (SSSR count). The van der Waals surface area contributed by atoms with Crippen molar-refractivity contribution in [1.82, 2.24) is 9.71 Å². The van der Waals surface area contributed by atoms with Crippen LogP contribution >= 0.6 is 0 Å². The zero-order valence-corrected chi connectivity index (χ0v) is 15.8. The first-order chi connectivity index (χ1) is 12.9. The van der Waals surface area contributed by atoms with E-state index >= 15 is 0 Å². The van der Waals surface area contributed by atoms with Crippen LogP contribution < -0.4 is 9.46 Å². The smallest absolute Gasteiger partial charge is 0.209 e. The Bertz CT molecular complexity index is 905. The van der Waals surface area contributed by atoms with Gasteiger partial charge in [-0.25, -0.2) is 13.1 Å². The van der Waals surface area contributed by atoms with Crippen LogP contribution in [0.25, 0.3) is 11.3 Å². The predicted octanol–water partition coefficient (Wildman–Crippen LogP) is 2.10. The van der Waals surface area contributed by atoms with E-state index in [1.54, 1.807) is 12.1 Å². The fourth-order valence-electron chi connectivity index (χ4n) is 2.95. The Morgan fingerprint density at radius 3 is 2.70 bits per heavy atom. The van der Waals surface area contributed by atoms with Crippen molar-refractivity contribution in [2.24, 2.45) is 0 Å². The molecule has 1 aromatic heterocycles. The molecule has 1 N–H and O–H groups in total. The lowest BCUT2D eigenvalue weighted by atomic mass is 10.0. The molecule has 7 nitrogen and oxygen atoms in total. The third-order valence-electron chi connectivity index (χ3n) is 4.26. The zero-order valence-electron chi connectivity index (χ0n) is 15.0. The number of benzene rings is 1. The van der Waals surface area contributed by atoms with E-state index in [4.69, 9.17) is 14.7 Å². The van der Waals surface area contributed by atoms with Crippen LogP contribution in [0.15, 0.2) is 42.6 Å². The van der Waals surface area contributed by atoms with E-state index in [9.17, 15) is 8.42 Å². The summed E-state index contributed by atoms with van der Waals surface area (Å²) in [6.07, 6.45) is 3.90. The summed E-state index contributed by atoms with van der Waals surface area (Å²) >= 11 is 0. The van der Waals surface area contributed by atoms with Crippen LogP contribution in [-0.2, 0) is 14.8 Å². The number of nitrogens with zero attached hydrogens (tertiary/aromatic N) is 2. The fourth-order valence-corrected chi connectivity index (χ4v) is 3.76. The average Bonchev–Trinajstić information content (AvgIpc) is 2.67. The molecular formula is C19H21N3O4S. The number of hydrogen-bond acceptors (Lipinski definition) is 6. The molecule has 2 atom stereocenters. The number of nitrogens with one attached hydrogen (secondary N) is 1. The minimum absolute atomic E-state index is 0.266. The first-order valence-electron chi connectivity index (χ1n) is 8.63. The van der Waals surface area contributed by atoms with Crippen LogP contribution in [0.5, 0.6) is 5.75 Å². The average molecular weight is 387 g/mol. The summed E-state index contributed by atoms with van der Waals surface area (Å²) in [5.41, 5.74) is 2.20. The predicted molar refractivity (Wildman–Crippen MR) is 101 cm³/mol. The van der Waals surface area contributed by atoms with Gasteiger partial charge in [0.2, 0.25) is 10.0 Å². The zero-order chi connectivity index (χ0) is 19.3. The molecule has 0 bridgehead atoms. The van der Waals surface area contributed by atoms with Crippen molar-refractivity contribution >= 4 is 10.0 Å². The summed E-state index contributed by atoms with van der Waals surface area (Å²) in [4.78, 5) is 4.26. The van der Waals surface area contributed by atoms with E-state index in [-0.39, 0.29) is 18.8 Å². The van der Waals surface area contributed by atoms with E-state index in [0.29, 0.717) is 17.9 Å². The summed E-state index contributed by atoms with van der Waals surface area (Å²) in [5, 5.41) is 8.83. The summed E-state index contributed by atoms with van der Waals surface area (Å²) in [6, 6.07) is 12.7. The molecule has 1 saturated heterocycles. The molecule has 0 spiro atoms. The van der Waals surface area contributed by atoms with Gasteiger partial charge in [0.05, 0.1) is 23.6 Å². The molecule has 1 aromatic carbocycles.